The lowest BCUT2D eigenvalue weighted by Gasteiger charge is -2.16. The molecular formula is C18H22N2O2. The predicted octanol–water partition coefficient (Wildman–Crippen LogP) is 3.55. The topological polar surface area (TPSA) is 64.3 Å². The van der Waals surface area contributed by atoms with Crippen LogP contribution in [0.2, 0.25) is 0 Å². The third-order valence-electron chi connectivity index (χ3n) is 3.62. The Morgan fingerprint density at radius 1 is 1.27 bits per heavy atom. The zero-order valence-electron chi connectivity index (χ0n) is 13.2. The molecule has 2 rings (SSSR count). The van der Waals surface area contributed by atoms with Crippen molar-refractivity contribution < 1.29 is 9.53 Å². The Balaban J connectivity index is 2.04. The minimum atomic E-state index is -0.590. The van der Waals surface area contributed by atoms with Crippen molar-refractivity contribution in [3.8, 4) is 5.75 Å². The average molecular weight is 298 g/mol. The molecule has 22 heavy (non-hydrogen) atoms. The number of carbonyl (C=O) groups excluding carboxylic acids is 1. The van der Waals surface area contributed by atoms with Gasteiger partial charge >= 0.3 is 0 Å². The van der Waals surface area contributed by atoms with Crippen LogP contribution in [-0.2, 0) is 11.2 Å². The van der Waals surface area contributed by atoms with E-state index in [0.29, 0.717) is 17.1 Å². The maximum atomic E-state index is 12.3. The highest BCUT2D eigenvalue weighted by molar-refractivity contribution is 5.95. The van der Waals surface area contributed by atoms with Crippen LogP contribution >= 0.6 is 0 Å². The highest BCUT2D eigenvalue weighted by Crippen LogP contribution is 2.21. The molecule has 0 heterocycles. The van der Waals surface area contributed by atoms with Gasteiger partial charge in [0, 0.05) is 11.4 Å². The summed E-state index contributed by atoms with van der Waals surface area (Å²) in [6.45, 7) is 5.69. The fraction of sp³-hybridized carbons (Fsp3) is 0.278. The van der Waals surface area contributed by atoms with E-state index >= 15 is 0 Å². The molecule has 0 bridgehead atoms. The van der Waals surface area contributed by atoms with Crippen molar-refractivity contribution in [1.29, 1.82) is 0 Å². The summed E-state index contributed by atoms with van der Waals surface area (Å²) in [7, 11) is 0. The van der Waals surface area contributed by atoms with E-state index in [1.807, 2.05) is 43.3 Å². The summed E-state index contributed by atoms with van der Waals surface area (Å²) < 4.78 is 5.72. The second kappa shape index (κ2) is 6.98. The number of nitrogens with one attached hydrogen (secondary N) is 1. The van der Waals surface area contributed by atoms with E-state index in [2.05, 4.69) is 12.2 Å². The summed E-state index contributed by atoms with van der Waals surface area (Å²) in [4.78, 5) is 12.3. The van der Waals surface area contributed by atoms with Crippen LogP contribution in [0.1, 0.15) is 25.0 Å². The SMILES string of the molecule is CCc1cccc(OC(C)C(=O)Nc2cccc(N)c2C)c1. The molecular weight excluding hydrogens is 276 g/mol. The molecule has 0 aromatic heterocycles. The van der Waals surface area contributed by atoms with E-state index in [1.54, 1.807) is 13.0 Å². The number of nitrogens with two attached hydrogens (primary N) is 1. The van der Waals surface area contributed by atoms with Crippen molar-refractivity contribution in [2.45, 2.75) is 33.3 Å². The molecule has 1 amide bonds. The minimum absolute atomic E-state index is 0.199. The summed E-state index contributed by atoms with van der Waals surface area (Å²) in [5, 5.41) is 2.86. The molecule has 2 aromatic carbocycles. The van der Waals surface area contributed by atoms with E-state index in [1.165, 1.54) is 5.56 Å². The van der Waals surface area contributed by atoms with Crippen LogP contribution in [0, 0.1) is 6.92 Å². The van der Waals surface area contributed by atoms with Gasteiger partial charge in [-0.15, -0.1) is 0 Å². The van der Waals surface area contributed by atoms with Crippen LogP contribution in [0.5, 0.6) is 5.75 Å². The fourth-order valence-electron chi connectivity index (χ4n) is 2.12. The number of nitrogen functional groups attached to an aromatic ring is 1. The first kappa shape index (κ1) is 15.9. The van der Waals surface area contributed by atoms with E-state index < -0.39 is 6.10 Å². The number of hydrogen-bond donors (Lipinski definition) is 2. The molecule has 0 aliphatic carbocycles. The second-order valence-electron chi connectivity index (χ2n) is 5.27. The Kier molecular flexibility index (Phi) is 5.04. The van der Waals surface area contributed by atoms with Gasteiger partial charge in [-0.1, -0.05) is 25.1 Å². The molecule has 0 saturated carbocycles. The number of aryl methyl sites for hydroxylation is 1. The smallest absolute Gasteiger partial charge is 0.265 e. The van der Waals surface area contributed by atoms with Crippen molar-refractivity contribution in [3.05, 3.63) is 53.6 Å². The molecule has 0 spiro atoms. The minimum Gasteiger partial charge on any atom is -0.481 e. The molecule has 4 nitrogen and oxygen atoms in total. The fourth-order valence-corrected chi connectivity index (χ4v) is 2.12. The van der Waals surface area contributed by atoms with Crippen molar-refractivity contribution in [2.75, 3.05) is 11.1 Å². The van der Waals surface area contributed by atoms with Crippen LogP contribution < -0.4 is 15.8 Å². The molecule has 116 valence electrons. The first-order chi connectivity index (χ1) is 10.5. The largest absolute Gasteiger partial charge is 0.481 e. The summed E-state index contributed by atoms with van der Waals surface area (Å²) in [5.74, 6) is 0.502. The summed E-state index contributed by atoms with van der Waals surface area (Å²) in [6, 6.07) is 13.2. The monoisotopic (exact) mass is 298 g/mol. The molecule has 4 heteroatoms. The van der Waals surface area contributed by atoms with E-state index in [9.17, 15) is 4.79 Å². The van der Waals surface area contributed by atoms with Crippen LogP contribution in [0.15, 0.2) is 42.5 Å². The number of ether oxygens (including phenoxy) is 1. The van der Waals surface area contributed by atoms with E-state index in [0.717, 1.165) is 12.0 Å². The number of hydrogen-bond acceptors (Lipinski definition) is 3. The molecule has 0 fully saturated rings. The Morgan fingerprint density at radius 3 is 2.73 bits per heavy atom. The first-order valence-electron chi connectivity index (χ1n) is 7.42. The average Bonchev–Trinajstić information content (AvgIpc) is 2.52. The van der Waals surface area contributed by atoms with Gasteiger partial charge in [0.25, 0.3) is 5.91 Å². The van der Waals surface area contributed by atoms with E-state index in [-0.39, 0.29) is 5.91 Å². The summed E-state index contributed by atoms with van der Waals surface area (Å²) >= 11 is 0. The van der Waals surface area contributed by atoms with Gasteiger partial charge in [0.15, 0.2) is 6.10 Å². The number of amides is 1. The predicted molar refractivity (Wildman–Crippen MR) is 90.1 cm³/mol. The van der Waals surface area contributed by atoms with Crippen LogP contribution in [0.3, 0.4) is 0 Å². The number of carbonyl (C=O) groups is 1. The lowest BCUT2D eigenvalue weighted by molar-refractivity contribution is -0.122. The lowest BCUT2D eigenvalue weighted by atomic mass is 10.1. The molecule has 0 saturated heterocycles. The number of anilines is 2. The molecule has 0 radical (unpaired) electrons. The molecule has 2 aromatic rings. The number of rotatable bonds is 5. The third kappa shape index (κ3) is 3.79. The van der Waals surface area contributed by atoms with E-state index in [4.69, 9.17) is 10.5 Å². The van der Waals surface area contributed by atoms with Crippen molar-refractivity contribution >= 4 is 17.3 Å². The zero-order chi connectivity index (χ0) is 16.1. The van der Waals surface area contributed by atoms with Gasteiger partial charge < -0.3 is 15.8 Å². The molecule has 1 unspecified atom stereocenters. The van der Waals surface area contributed by atoms with Crippen molar-refractivity contribution in [2.24, 2.45) is 0 Å². The van der Waals surface area contributed by atoms with Gasteiger partial charge in [-0.05, 0) is 55.7 Å². The molecule has 0 aliphatic heterocycles. The van der Waals surface area contributed by atoms with Gasteiger partial charge in [-0.25, -0.2) is 0 Å². The molecule has 0 aliphatic rings. The Hall–Kier alpha value is -2.49. The highest BCUT2D eigenvalue weighted by atomic mass is 16.5. The third-order valence-corrected chi connectivity index (χ3v) is 3.62. The Labute approximate surface area is 131 Å². The Bertz CT molecular complexity index is 668. The quantitative estimate of drug-likeness (QED) is 0.830. The summed E-state index contributed by atoms with van der Waals surface area (Å²) in [6.07, 6.45) is 0.341. The van der Waals surface area contributed by atoms with Gasteiger partial charge in [-0.3, -0.25) is 4.79 Å². The van der Waals surface area contributed by atoms with Crippen molar-refractivity contribution in [1.82, 2.24) is 0 Å². The van der Waals surface area contributed by atoms with Crippen LogP contribution in [0.25, 0.3) is 0 Å². The second-order valence-corrected chi connectivity index (χ2v) is 5.27. The summed E-state index contributed by atoms with van der Waals surface area (Å²) in [5.41, 5.74) is 9.25. The van der Waals surface area contributed by atoms with Gasteiger partial charge in [0.1, 0.15) is 5.75 Å². The van der Waals surface area contributed by atoms with Crippen LogP contribution in [-0.4, -0.2) is 12.0 Å². The van der Waals surface area contributed by atoms with Gasteiger partial charge in [0.2, 0.25) is 0 Å². The van der Waals surface area contributed by atoms with Crippen molar-refractivity contribution in [3.63, 3.8) is 0 Å². The molecule has 3 N–H and O–H groups in total. The normalized spacial score (nSPS) is 11.8. The standard InChI is InChI=1S/C18H22N2O2/c1-4-14-7-5-8-15(11-14)22-13(3)18(21)20-17-10-6-9-16(19)12(17)2/h5-11,13H,4,19H2,1-3H3,(H,20,21). The maximum absolute atomic E-state index is 12.3. The van der Waals surface area contributed by atoms with Gasteiger partial charge in [-0.2, -0.15) is 0 Å². The highest BCUT2D eigenvalue weighted by Gasteiger charge is 2.16. The lowest BCUT2D eigenvalue weighted by Crippen LogP contribution is -2.30. The first-order valence-corrected chi connectivity index (χ1v) is 7.42. The molecule has 1 atom stereocenters. The van der Waals surface area contributed by atoms with Gasteiger partial charge in [0.05, 0.1) is 0 Å². The Morgan fingerprint density at radius 2 is 2.00 bits per heavy atom. The maximum Gasteiger partial charge on any atom is 0.265 e. The zero-order valence-corrected chi connectivity index (χ0v) is 13.2. The van der Waals surface area contributed by atoms with Crippen LogP contribution in [0.4, 0.5) is 11.4 Å². The number of benzene rings is 2.